The van der Waals surface area contributed by atoms with Crippen molar-refractivity contribution >= 4 is 0 Å². The zero-order chi connectivity index (χ0) is 17.8. The van der Waals surface area contributed by atoms with E-state index in [9.17, 15) is 0 Å². The monoisotopic (exact) mass is 320 g/mol. The van der Waals surface area contributed by atoms with Crippen molar-refractivity contribution in [2.24, 2.45) is 7.05 Å². The van der Waals surface area contributed by atoms with Crippen LogP contribution in [-0.2, 0) is 7.05 Å². The van der Waals surface area contributed by atoms with Crippen molar-refractivity contribution in [3.05, 3.63) is 36.2 Å². The van der Waals surface area contributed by atoms with Crippen LogP contribution in [0.3, 0.4) is 0 Å². The van der Waals surface area contributed by atoms with E-state index in [2.05, 4.69) is 41.7 Å². The van der Waals surface area contributed by atoms with Crippen molar-refractivity contribution in [2.75, 3.05) is 0 Å². The first kappa shape index (κ1) is 21.4. The Balaban J connectivity index is 0.000000349. The molecule has 2 aromatic heterocycles. The molecule has 0 atom stereocenters. The molecule has 0 aliphatic heterocycles. The molecule has 1 saturated carbocycles. The van der Waals surface area contributed by atoms with Gasteiger partial charge in [0.2, 0.25) is 0 Å². The van der Waals surface area contributed by atoms with Gasteiger partial charge in [0.05, 0.1) is 24.3 Å². The molecule has 0 N–H and O–H groups in total. The van der Waals surface area contributed by atoms with Crippen LogP contribution in [0.2, 0.25) is 0 Å². The van der Waals surface area contributed by atoms with Crippen LogP contribution in [0.15, 0.2) is 24.9 Å². The topological polar surface area (TPSA) is 35.6 Å². The van der Waals surface area contributed by atoms with Crippen LogP contribution in [0.25, 0.3) is 0 Å². The Kier molecular flexibility index (Phi) is 11.1. The third kappa shape index (κ3) is 7.49. The minimum absolute atomic E-state index is 0.547. The number of nitrogens with zero attached hydrogens (tertiary/aromatic N) is 4. The first-order valence-electron chi connectivity index (χ1n) is 9.05. The maximum absolute atomic E-state index is 4.25. The molecule has 0 saturated heterocycles. The van der Waals surface area contributed by atoms with Crippen molar-refractivity contribution in [2.45, 2.75) is 79.7 Å². The van der Waals surface area contributed by atoms with Gasteiger partial charge in [0.25, 0.3) is 0 Å². The fourth-order valence-electron chi connectivity index (χ4n) is 2.02. The summed E-state index contributed by atoms with van der Waals surface area (Å²) in [5.41, 5.74) is 2.43. The molecule has 1 fully saturated rings. The minimum atomic E-state index is 0.547. The van der Waals surface area contributed by atoms with Crippen LogP contribution in [0.1, 0.15) is 84.0 Å². The molecule has 4 nitrogen and oxygen atoms in total. The first-order chi connectivity index (χ1) is 11.1. The van der Waals surface area contributed by atoms with Gasteiger partial charge in [0, 0.05) is 19.4 Å². The van der Waals surface area contributed by atoms with Crippen molar-refractivity contribution < 1.29 is 0 Å². The highest BCUT2D eigenvalue weighted by molar-refractivity contribution is 5.01. The Morgan fingerprint density at radius 1 is 1.09 bits per heavy atom. The second-order valence-electron chi connectivity index (χ2n) is 5.70. The van der Waals surface area contributed by atoms with Gasteiger partial charge < -0.3 is 4.57 Å². The van der Waals surface area contributed by atoms with E-state index in [0.717, 1.165) is 5.69 Å². The van der Waals surface area contributed by atoms with Crippen LogP contribution >= 0.6 is 0 Å². The van der Waals surface area contributed by atoms with E-state index in [-0.39, 0.29) is 0 Å². The van der Waals surface area contributed by atoms with E-state index in [0.29, 0.717) is 12.0 Å². The molecule has 23 heavy (non-hydrogen) atoms. The van der Waals surface area contributed by atoms with E-state index >= 15 is 0 Å². The molecule has 132 valence electrons. The summed E-state index contributed by atoms with van der Waals surface area (Å²) in [4.78, 5) is 4.18. The molecular formula is C19H36N4. The quantitative estimate of drug-likeness (QED) is 0.731. The summed E-state index contributed by atoms with van der Waals surface area (Å²) in [7, 11) is 1.98. The lowest BCUT2D eigenvalue weighted by atomic mass is 9.93. The summed E-state index contributed by atoms with van der Waals surface area (Å²) >= 11 is 0. The van der Waals surface area contributed by atoms with E-state index < -0.39 is 0 Å². The van der Waals surface area contributed by atoms with Gasteiger partial charge in [-0.05, 0) is 37.7 Å². The Morgan fingerprint density at radius 2 is 1.70 bits per heavy atom. The second-order valence-corrected chi connectivity index (χ2v) is 5.70. The number of imidazole rings is 1. The third-order valence-corrected chi connectivity index (χ3v) is 3.50. The SMILES string of the molecule is CC.CC.CC(C)c1cn(C)cn1.Cc1cnn(C2CCC2)c1. The summed E-state index contributed by atoms with van der Waals surface area (Å²) in [6.45, 7) is 14.4. The summed E-state index contributed by atoms with van der Waals surface area (Å²) in [5.74, 6) is 0.547. The second kappa shape index (κ2) is 11.9. The highest BCUT2D eigenvalue weighted by atomic mass is 15.3. The molecule has 0 amide bonds. The lowest BCUT2D eigenvalue weighted by Gasteiger charge is -2.25. The van der Waals surface area contributed by atoms with Crippen molar-refractivity contribution in [1.82, 2.24) is 19.3 Å². The molecular weight excluding hydrogens is 284 g/mol. The summed E-state index contributed by atoms with van der Waals surface area (Å²) in [6.07, 6.45) is 12.0. The van der Waals surface area contributed by atoms with E-state index in [4.69, 9.17) is 0 Å². The lowest BCUT2D eigenvalue weighted by Crippen LogP contribution is -2.16. The predicted octanol–water partition coefficient (Wildman–Crippen LogP) is 5.51. The Bertz CT molecular complexity index is 507. The van der Waals surface area contributed by atoms with Gasteiger partial charge in [0.1, 0.15) is 0 Å². The zero-order valence-corrected chi connectivity index (χ0v) is 16.4. The highest BCUT2D eigenvalue weighted by Crippen LogP contribution is 2.30. The number of hydrogen-bond donors (Lipinski definition) is 0. The molecule has 1 aliphatic carbocycles. The molecule has 3 rings (SSSR count). The van der Waals surface area contributed by atoms with Gasteiger partial charge >= 0.3 is 0 Å². The van der Waals surface area contributed by atoms with Crippen LogP contribution in [-0.4, -0.2) is 19.3 Å². The fraction of sp³-hybridized carbons (Fsp3) is 0.684. The van der Waals surface area contributed by atoms with Crippen LogP contribution in [0, 0.1) is 6.92 Å². The molecule has 1 aliphatic rings. The van der Waals surface area contributed by atoms with Crippen molar-refractivity contribution in [3.63, 3.8) is 0 Å². The van der Waals surface area contributed by atoms with Gasteiger partial charge in [-0.25, -0.2) is 4.98 Å². The molecule has 0 bridgehead atoms. The maximum atomic E-state index is 4.25. The lowest BCUT2D eigenvalue weighted by molar-refractivity contribution is 0.289. The van der Waals surface area contributed by atoms with E-state index in [1.165, 1.54) is 24.8 Å². The standard InChI is InChI=1S/C8H12N2.C7H12N2.2C2H6/c1-7-5-9-10(6-7)8-3-2-4-8;1-6(2)7-4-9(3)5-8-7;2*1-2/h5-6,8H,2-4H2,1H3;4-6H,1-3H3;2*1-2H3. The maximum Gasteiger partial charge on any atom is 0.0946 e. The highest BCUT2D eigenvalue weighted by Gasteiger charge is 2.19. The molecule has 0 aromatic carbocycles. The zero-order valence-electron chi connectivity index (χ0n) is 16.4. The number of hydrogen-bond acceptors (Lipinski definition) is 2. The van der Waals surface area contributed by atoms with Gasteiger partial charge in [0.15, 0.2) is 0 Å². The summed E-state index contributed by atoms with van der Waals surface area (Å²) in [5, 5.41) is 4.25. The smallest absolute Gasteiger partial charge is 0.0946 e. The third-order valence-electron chi connectivity index (χ3n) is 3.50. The molecule has 0 unspecified atom stereocenters. The largest absolute Gasteiger partial charge is 0.340 e. The summed E-state index contributed by atoms with van der Waals surface area (Å²) in [6, 6.07) is 0.716. The molecule has 4 heteroatoms. The minimum Gasteiger partial charge on any atom is -0.340 e. The fourth-order valence-corrected chi connectivity index (χ4v) is 2.02. The summed E-state index contributed by atoms with van der Waals surface area (Å²) < 4.78 is 4.06. The molecule has 2 aromatic rings. The Morgan fingerprint density at radius 3 is 1.96 bits per heavy atom. The van der Waals surface area contributed by atoms with Gasteiger partial charge in [-0.2, -0.15) is 5.10 Å². The normalized spacial score (nSPS) is 12.9. The molecule has 2 heterocycles. The van der Waals surface area contributed by atoms with Crippen LogP contribution in [0.5, 0.6) is 0 Å². The van der Waals surface area contributed by atoms with Gasteiger partial charge in [-0.3, -0.25) is 4.68 Å². The molecule has 0 spiro atoms. The number of rotatable bonds is 2. The Labute approximate surface area is 142 Å². The predicted molar refractivity (Wildman–Crippen MR) is 99.8 cm³/mol. The first-order valence-corrected chi connectivity index (χ1v) is 9.05. The Hall–Kier alpha value is -1.58. The van der Waals surface area contributed by atoms with E-state index in [1.807, 2.05) is 58.0 Å². The van der Waals surface area contributed by atoms with Gasteiger partial charge in [-0.15, -0.1) is 0 Å². The number of aryl methyl sites for hydroxylation is 2. The van der Waals surface area contributed by atoms with Crippen LogP contribution < -0.4 is 0 Å². The van der Waals surface area contributed by atoms with Crippen molar-refractivity contribution in [1.29, 1.82) is 0 Å². The van der Waals surface area contributed by atoms with Crippen LogP contribution in [0.4, 0.5) is 0 Å². The van der Waals surface area contributed by atoms with Gasteiger partial charge in [-0.1, -0.05) is 41.5 Å². The molecule has 0 radical (unpaired) electrons. The average molecular weight is 321 g/mol. The average Bonchev–Trinajstić information content (AvgIpc) is 3.11. The van der Waals surface area contributed by atoms with Crippen molar-refractivity contribution in [3.8, 4) is 0 Å². The number of aromatic nitrogens is 4. The van der Waals surface area contributed by atoms with E-state index in [1.54, 1.807) is 0 Å².